The molecule has 4 aromatic heterocycles. The molecule has 0 saturated carbocycles. The topological polar surface area (TPSA) is 480 Å². The first kappa shape index (κ1) is 67.7. The minimum Gasteiger partial charge on any atom is -0.447 e. The summed E-state index contributed by atoms with van der Waals surface area (Å²) in [6.07, 6.45) is -6.89. The molecule has 12 atom stereocenters. The van der Waals surface area contributed by atoms with Crippen LogP contribution in [0.4, 0.5) is 36.2 Å². The lowest BCUT2D eigenvalue weighted by molar-refractivity contribution is -0.182. The third kappa shape index (κ3) is 15.6. The van der Waals surface area contributed by atoms with E-state index in [0.29, 0.717) is 11.3 Å². The van der Waals surface area contributed by atoms with E-state index in [0.717, 1.165) is 39.2 Å². The summed E-state index contributed by atoms with van der Waals surface area (Å²) < 4.78 is 99.2. The third-order valence-electron chi connectivity index (χ3n) is 15.1. The van der Waals surface area contributed by atoms with Gasteiger partial charge in [-0.1, -0.05) is 50.5 Å². The molecule has 9 heterocycles. The number of hydrogen-bond donors (Lipinski definition) is 10. The summed E-state index contributed by atoms with van der Waals surface area (Å²) in [5.41, 5.74) is 9.08. The average Bonchev–Trinajstić information content (AvgIpc) is 1.57. The van der Waals surface area contributed by atoms with Crippen LogP contribution in [-0.4, -0.2) is 198 Å². The number of urea groups is 1. The Labute approximate surface area is 534 Å². The number of nitrogens with two attached hydrogens (primary N) is 2. The molecule has 5 aromatic rings. The summed E-state index contributed by atoms with van der Waals surface area (Å²) in [4.78, 5) is 139. The fraction of sp³-hybridized carbons (Fsp3) is 0.490. The summed E-state index contributed by atoms with van der Waals surface area (Å²) in [5, 5.41) is 12.9. The van der Waals surface area contributed by atoms with Crippen molar-refractivity contribution in [3.8, 4) is 0 Å². The van der Waals surface area contributed by atoms with Crippen LogP contribution in [-0.2, 0) is 81.5 Å². The zero-order chi connectivity index (χ0) is 66.7. The molecule has 9 amide bonds. The number of fused-ring (bicyclic) bond motifs is 4. The van der Waals surface area contributed by atoms with Crippen molar-refractivity contribution in [2.45, 2.75) is 100 Å². The van der Waals surface area contributed by atoms with Crippen molar-refractivity contribution < 1.29 is 93.7 Å². The maximum absolute atomic E-state index is 16.3. The molecule has 37 nitrogen and oxygen atoms in total. The Bertz CT molecular complexity index is 3900. The van der Waals surface area contributed by atoms with Crippen LogP contribution >= 0.6 is 38.1 Å². The molecule has 5 aliphatic rings. The van der Waals surface area contributed by atoms with Crippen LogP contribution in [0.15, 0.2) is 60.2 Å². The van der Waals surface area contributed by atoms with Gasteiger partial charge in [0.25, 0.3) is 17.4 Å². The van der Waals surface area contributed by atoms with Crippen LogP contribution in [0.3, 0.4) is 0 Å². The van der Waals surface area contributed by atoms with Crippen molar-refractivity contribution in [2.75, 3.05) is 69.5 Å². The molecular weight excluding hydrogens is 1320 g/mol. The second-order valence-electron chi connectivity index (χ2n) is 21.9. The number of rotatable bonds is 21. The van der Waals surface area contributed by atoms with Crippen molar-refractivity contribution in [3.05, 3.63) is 71.3 Å². The number of alkyl halides is 1. The Balaban J connectivity index is 0.703. The first-order valence-corrected chi connectivity index (χ1v) is 33.8. The molecule has 4 fully saturated rings. The first-order valence-electron chi connectivity index (χ1n) is 28.4. The van der Waals surface area contributed by atoms with Crippen molar-refractivity contribution >= 4 is 126 Å². The summed E-state index contributed by atoms with van der Waals surface area (Å²) in [7, 11) is 1.40. The molecule has 0 unspecified atom stereocenters. The predicted molar refractivity (Wildman–Crippen MR) is 323 cm³/mol. The number of imide groups is 1. The van der Waals surface area contributed by atoms with E-state index in [-0.39, 0.29) is 92.8 Å². The number of hydrogen-bond acceptors (Lipinski definition) is 26. The molecule has 500 valence electrons. The summed E-state index contributed by atoms with van der Waals surface area (Å²) in [6.45, 7) is -8.31. The number of nitrogen functional groups attached to an aromatic ring is 1. The van der Waals surface area contributed by atoms with Crippen LogP contribution in [0, 0.1) is 5.92 Å². The highest BCUT2D eigenvalue weighted by molar-refractivity contribution is 8.44. The van der Waals surface area contributed by atoms with Crippen LogP contribution in [0.25, 0.3) is 22.3 Å². The quantitative estimate of drug-likeness (QED) is 0.0215. The van der Waals surface area contributed by atoms with Crippen LogP contribution < -0.4 is 43.6 Å². The normalized spacial score (nSPS) is 26.6. The van der Waals surface area contributed by atoms with Gasteiger partial charge in [0.05, 0.1) is 39.0 Å². The van der Waals surface area contributed by atoms with Crippen molar-refractivity contribution in [3.63, 3.8) is 0 Å². The van der Waals surface area contributed by atoms with Crippen LogP contribution in [0.1, 0.15) is 51.1 Å². The number of primary amides is 1. The number of nitrogens with one attached hydrogen (secondary N) is 6. The molecule has 4 bridgehead atoms. The number of carbonyl (C=O) groups is 8. The number of H-pyrrole nitrogens is 1. The number of thiol groups is 2. The molecule has 93 heavy (non-hydrogen) atoms. The third-order valence-corrected chi connectivity index (χ3v) is 18.3. The van der Waals surface area contributed by atoms with Crippen LogP contribution in [0.2, 0.25) is 0 Å². The van der Waals surface area contributed by atoms with Gasteiger partial charge in [-0.25, -0.2) is 47.8 Å². The van der Waals surface area contributed by atoms with E-state index < -0.39 is 147 Å². The van der Waals surface area contributed by atoms with Gasteiger partial charge < -0.3 is 61.3 Å². The molecule has 4 saturated heterocycles. The second kappa shape index (κ2) is 28.2. The van der Waals surface area contributed by atoms with Gasteiger partial charge in [0.1, 0.15) is 61.6 Å². The standard InChI is InChI=1S/C51H62FN17O20P2S2/c1-24(2)33(62-29(70)12-14-67-30(71)10-11-31(67)72)43(74)61-27(5-4-13-55-48(54)76)42(73)60-26-8-6-25(7-9-26)17-82-50(78)66(3)15-16-81-49(77)63-39-34-40(57-21-56-39)68(22-58-34)46-37-38-51(87-46,19-83-37)20-85-91(80,93)88-36-32(52)28(18-84-90(79,92)89-38)86-45(36)69-23-59-35-41(69)64-47(53)65-44(35)75/h6-11,21-24,27-28,32-33,36-38,45-46H,4-5,12-20H2,1-3H3,(H,60,73)(H,61,74)(H,62,70)(H,79,92)(H,80,93)(H3,54,55,76)(H3,53,64,65,75)(H,56,57,63,77)/t27-,28+,32+,33-,36+,37+,38-,45+,46+,51+,90+,91+/m0/s1. The molecule has 0 spiro atoms. The maximum atomic E-state index is 16.3. The van der Waals surface area contributed by atoms with Gasteiger partial charge in [-0.05, 0) is 36.5 Å². The Kier molecular flexibility index (Phi) is 20.5. The van der Waals surface area contributed by atoms with E-state index in [1.807, 2.05) is 0 Å². The summed E-state index contributed by atoms with van der Waals surface area (Å²) >= 11 is 8.33. The molecule has 0 aliphatic carbocycles. The number of halogens is 1. The van der Waals surface area contributed by atoms with E-state index in [1.54, 1.807) is 26.0 Å². The lowest BCUT2D eigenvalue weighted by Gasteiger charge is -2.32. The highest BCUT2D eigenvalue weighted by atomic mass is 32.7. The molecule has 10 N–H and O–H groups in total. The first-order chi connectivity index (χ1) is 44.2. The molecule has 1 aromatic carbocycles. The van der Waals surface area contributed by atoms with Gasteiger partial charge in [-0.3, -0.25) is 71.2 Å². The van der Waals surface area contributed by atoms with Gasteiger partial charge in [0.15, 0.2) is 46.8 Å². The van der Waals surface area contributed by atoms with Gasteiger partial charge in [-0.2, -0.15) is 4.98 Å². The molecule has 0 radical (unpaired) electrons. The summed E-state index contributed by atoms with van der Waals surface area (Å²) in [6, 6.07) is 3.14. The lowest BCUT2D eigenvalue weighted by Crippen LogP contribution is -2.54. The van der Waals surface area contributed by atoms with E-state index in [4.69, 9.17) is 53.2 Å². The Morgan fingerprint density at radius 2 is 1.59 bits per heavy atom. The highest BCUT2D eigenvalue weighted by Gasteiger charge is 2.66. The summed E-state index contributed by atoms with van der Waals surface area (Å²) in [5.74, 6) is -3.94. The van der Waals surface area contributed by atoms with Crippen molar-refractivity contribution in [2.24, 2.45) is 11.7 Å². The fourth-order valence-corrected chi connectivity index (χ4v) is 13.3. The van der Waals surface area contributed by atoms with Crippen LogP contribution in [0.5, 0.6) is 0 Å². The SMILES string of the molecule is CC(C)[C@H](NC(=O)CCN1C(=O)C=CC1=O)C(=O)N[C@@H](CCCNC(N)=O)C(=O)Nc1ccc(COC(=O)N(C)CCOC(=O)Nc2ncnc3c2ncn3[C@@H]2O[C@@]34CO[C@@H]2[C@@H]3O[P@](=O)(S)OC[C@H]2O[C@@H](n3cnc5c(=O)[nH]c(N)nc53)[C@H](O[P@](=O)(S)OC4)[C@@H]2F)cc1. The predicted octanol–water partition coefficient (Wildman–Crippen LogP) is 1.48. The van der Waals surface area contributed by atoms with Gasteiger partial charge in [0.2, 0.25) is 23.7 Å². The lowest BCUT2D eigenvalue weighted by atomic mass is 10.0. The smallest absolute Gasteiger partial charge is 0.412 e. The number of likely N-dealkylation sites (N-methyl/N-ethyl adjacent to an activating group) is 1. The zero-order valence-electron chi connectivity index (χ0n) is 49.3. The Hall–Kier alpha value is -8.17. The van der Waals surface area contributed by atoms with E-state index in [9.17, 15) is 52.3 Å². The van der Waals surface area contributed by atoms with Gasteiger partial charge >= 0.3 is 31.8 Å². The number of ether oxygens (including phenoxy) is 5. The number of benzene rings is 1. The van der Waals surface area contributed by atoms with Crippen molar-refractivity contribution in [1.82, 2.24) is 64.8 Å². The van der Waals surface area contributed by atoms with E-state index >= 15 is 4.39 Å². The second-order valence-corrected chi connectivity index (χ2v) is 27.7. The monoisotopic (exact) mass is 1380 g/mol. The van der Waals surface area contributed by atoms with Gasteiger partial charge in [-0.15, -0.1) is 0 Å². The van der Waals surface area contributed by atoms with E-state index in [2.05, 4.69) is 81.0 Å². The average molecular weight is 1380 g/mol. The number of amides is 9. The molecule has 10 rings (SSSR count). The number of carbonyl (C=O) groups excluding carboxylic acids is 8. The maximum Gasteiger partial charge on any atom is 0.412 e. The van der Waals surface area contributed by atoms with Gasteiger partial charge in [0, 0.05) is 44.4 Å². The zero-order valence-corrected chi connectivity index (χ0v) is 52.8. The molecule has 42 heteroatoms. The highest BCUT2D eigenvalue weighted by Crippen LogP contribution is 2.63. The Morgan fingerprint density at radius 1 is 0.882 bits per heavy atom. The number of anilines is 3. The van der Waals surface area contributed by atoms with Crippen molar-refractivity contribution in [1.29, 1.82) is 0 Å². The number of aromatic amines is 1. The minimum absolute atomic E-state index is 0.0292. The Morgan fingerprint density at radius 3 is 2.31 bits per heavy atom. The number of imidazole rings is 2. The largest absolute Gasteiger partial charge is 0.447 e. The molecular formula is C51H62FN17O20P2S2. The molecule has 5 aliphatic heterocycles. The fourth-order valence-electron chi connectivity index (χ4n) is 10.4. The number of aromatic nitrogens is 8. The van der Waals surface area contributed by atoms with E-state index in [1.165, 1.54) is 30.1 Å². The number of nitrogens with zero attached hydrogens (tertiary/aromatic N) is 9. The minimum atomic E-state index is -4.62.